The minimum absolute atomic E-state index is 0.0240. The summed E-state index contributed by atoms with van der Waals surface area (Å²) in [7, 11) is 4.84. The molecule has 0 aliphatic carbocycles. The van der Waals surface area contributed by atoms with E-state index < -0.39 is 12.1 Å². The second-order valence-corrected chi connectivity index (χ2v) is 8.70. The fraction of sp³-hybridized carbons (Fsp3) is 0.385. The number of nitrogens with one attached hydrogen (secondary N) is 1. The fourth-order valence-corrected chi connectivity index (χ4v) is 5.28. The van der Waals surface area contributed by atoms with Crippen molar-refractivity contribution in [3.63, 3.8) is 0 Å². The van der Waals surface area contributed by atoms with Crippen LogP contribution in [0.3, 0.4) is 0 Å². The van der Waals surface area contributed by atoms with E-state index in [2.05, 4.69) is 11.1 Å². The molecular formula is C26H29N3O5. The van der Waals surface area contributed by atoms with Gasteiger partial charge in [0, 0.05) is 54.9 Å². The number of piperazine rings is 1. The second-order valence-electron chi connectivity index (χ2n) is 8.70. The first-order valence-electron chi connectivity index (χ1n) is 11.5. The van der Waals surface area contributed by atoms with Gasteiger partial charge in [-0.2, -0.15) is 0 Å². The number of amides is 2. The smallest absolute Gasteiger partial charge is 0.246 e. The molecular weight excluding hydrogens is 434 g/mol. The van der Waals surface area contributed by atoms with Crippen LogP contribution in [0.4, 0.5) is 0 Å². The topological polar surface area (TPSA) is 84.1 Å². The molecule has 2 aliphatic heterocycles. The van der Waals surface area contributed by atoms with Crippen LogP contribution in [0.5, 0.6) is 11.5 Å². The van der Waals surface area contributed by atoms with Crippen molar-refractivity contribution in [1.29, 1.82) is 0 Å². The lowest BCUT2D eigenvalue weighted by Gasteiger charge is -2.47. The summed E-state index contributed by atoms with van der Waals surface area (Å²) in [4.78, 5) is 34.2. The molecule has 178 valence electrons. The predicted molar refractivity (Wildman–Crippen MR) is 127 cm³/mol. The molecule has 0 bridgehead atoms. The third kappa shape index (κ3) is 3.58. The first kappa shape index (κ1) is 22.3. The Morgan fingerprint density at radius 2 is 1.88 bits per heavy atom. The van der Waals surface area contributed by atoms with Crippen molar-refractivity contribution in [3.8, 4) is 11.5 Å². The van der Waals surface area contributed by atoms with E-state index in [-0.39, 0.29) is 18.4 Å². The number of para-hydroxylation sites is 1. The molecule has 1 saturated heterocycles. The maximum Gasteiger partial charge on any atom is 0.246 e. The summed E-state index contributed by atoms with van der Waals surface area (Å²) in [5.41, 5.74) is 3.80. The zero-order chi connectivity index (χ0) is 23.8. The van der Waals surface area contributed by atoms with Gasteiger partial charge in [-0.05, 0) is 30.2 Å². The van der Waals surface area contributed by atoms with Crippen LogP contribution in [0.25, 0.3) is 10.9 Å². The first-order valence-corrected chi connectivity index (χ1v) is 11.5. The first-order chi connectivity index (χ1) is 16.6. The van der Waals surface area contributed by atoms with Gasteiger partial charge in [0.25, 0.3) is 0 Å². The number of benzene rings is 2. The van der Waals surface area contributed by atoms with E-state index in [1.54, 1.807) is 31.1 Å². The highest BCUT2D eigenvalue weighted by molar-refractivity contribution is 5.97. The Bertz CT molecular complexity index is 1240. The molecule has 1 unspecified atom stereocenters. The Balaban J connectivity index is 1.65. The third-order valence-electron chi connectivity index (χ3n) is 6.85. The molecule has 3 heterocycles. The molecule has 0 radical (unpaired) electrons. The van der Waals surface area contributed by atoms with Gasteiger partial charge in [0.1, 0.15) is 23.6 Å². The van der Waals surface area contributed by atoms with Crippen molar-refractivity contribution >= 4 is 22.7 Å². The van der Waals surface area contributed by atoms with E-state index in [0.29, 0.717) is 37.5 Å². The van der Waals surface area contributed by atoms with Gasteiger partial charge in [-0.25, -0.2) is 0 Å². The lowest BCUT2D eigenvalue weighted by Crippen LogP contribution is -2.63. The molecule has 0 saturated carbocycles. The number of ether oxygens (including phenoxy) is 3. The van der Waals surface area contributed by atoms with E-state index in [9.17, 15) is 9.59 Å². The van der Waals surface area contributed by atoms with E-state index in [1.807, 2.05) is 36.4 Å². The number of hydrogen-bond acceptors (Lipinski definition) is 5. The zero-order valence-electron chi connectivity index (χ0n) is 19.7. The normalized spacial score (nSPS) is 19.9. The van der Waals surface area contributed by atoms with Crippen molar-refractivity contribution in [2.75, 3.05) is 41.0 Å². The Labute approximate surface area is 198 Å². The summed E-state index contributed by atoms with van der Waals surface area (Å²) in [6, 6.07) is 12.6. The minimum atomic E-state index is -0.577. The number of hydrogen-bond donors (Lipinski definition) is 1. The molecule has 2 aromatic carbocycles. The van der Waals surface area contributed by atoms with Gasteiger partial charge in [0.05, 0.1) is 20.8 Å². The lowest BCUT2D eigenvalue weighted by molar-refractivity contribution is -0.158. The van der Waals surface area contributed by atoms with Crippen LogP contribution in [0.15, 0.2) is 42.5 Å². The maximum atomic E-state index is 13.6. The average Bonchev–Trinajstić information content (AvgIpc) is 3.24. The summed E-state index contributed by atoms with van der Waals surface area (Å²) < 4.78 is 16.2. The molecule has 3 aromatic rings. The molecule has 1 fully saturated rings. The van der Waals surface area contributed by atoms with Gasteiger partial charge in [-0.3, -0.25) is 9.59 Å². The predicted octanol–water partition coefficient (Wildman–Crippen LogP) is 2.91. The van der Waals surface area contributed by atoms with Crippen molar-refractivity contribution in [2.24, 2.45) is 0 Å². The largest absolute Gasteiger partial charge is 0.497 e. The number of H-pyrrole nitrogens is 1. The summed E-state index contributed by atoms with van der Waals surface area (Å²) in [6.45, 7) is 1.11. The van der Waals surface area contributed by atoms with Gasteiger partial charge in [-0.1, -0.05) is 18.2 Å². The summed E-state index contributed by atoms with van der Waals surface area (Å²) in [5.74, 6) is 1.17. The van der Waals surface area contributed by atoms with Crippen molar-refractivity contribution in [1.82, 2.24) is 14.8 Å². The number of fused-ring (bicyclic) bond motifs is 4. The summed E-state index contributed by atoms with van der Waals surface area (Å²) in [5, 5.41) is 1.08. The standard InChI is InChI=1S/C26H29N3O5/c1-32-12-6-11-28-15-23(30)29-21(26(28)31)14-19-17-7-4-5-8-20(17)27-24(19)25(29)18-10-9-16(33-2)13-22(18)34-3/h4-5,7-10,13,21,25,27H,6,11-12,14-15H2,1-3H3/t21-,25?/m0/s1. The van der Waals surface area contributed by atoms with Crippen LogP contribution < -0.4 is 9.47 Å². The molecule has 5 rings (SSSR count). The van der Waals surface area contributed by atoms with E-state index in [0.717, 1.165) is 27.7 Å². The highest BCUT2D eigenvalue weighted by atomic mass is 16.5. The summed E-state index contributed by atoms with van der Waals surface area (Å²) >= 11 is 0. The molecule has 1 N–H and O–H groups in total. The van der Waals surface area contributed by atoms with Crippen LogP contribution in [0.1, 0.15) is 29.3 Å². The van der Waals surface area contributed by atoms with Crippen LogP contribution in [-0.2, 0) is 20.7 Å². The van der Waals surface area contributed by atoms with Crippen molar-refractivity contribution in [2.45, 2.75) is 24.9 Å². The monoisotopic (exact) mass is 463 g/mol. The van der Waals surface area contributed by atoms with E-state index in [4.69, 9.17) is 14.2 Å². The van der Waals surface area contributed by atoms with Crippen molar-refractivity contribution in [3.05, 3.63) is 59.3 Å². The van der Waals surface area contributed by atoms with Crippen LogP contribution in [0, 0.1) is 0 Å². The number of methoxy groups -OCH3 is 3. The Morgan fingerprint density at radius 3 is 2.65 bits per heavy atom. The van der Waals surface area contributed by atoms with Gasteiger partial charge < -0.3 is 29.0 Å². The molecule has 34 heavy (non-hydrogen) atoms. The quantitative estimate of drug-likeness (QED) is 0.545. The van der Waals surface area contributed by atoms with E-state index in [1.165, 1.54) is 0 Å². The maximum absolute atomic E-state index is 13.6. The van der Waals surface area contributed by atoms with Crippen LogP contribution in [0.2, 0.25) is 0 Å². The third-order valence-corrected chi connectivity index (χ3v) is 6.85. The molecule has 1 aromatic heterocycles. The number of nitrogens with zero attached hydrogens (tertiary/aromatic N) is 2. The number of rotatable bonds is 7. The Kier molecular flexibility index (Phi) is 5.91. The molecule has 2 atom stereocenters. The molecule has 2 aliphatic rings. The van der Waals surface area contributed by atoms with Crippen LogP contribution >= 0.6 is 0 Å². The molecule has 8 nitrogen and oxygen atoms in total. The highest BCUT2D eigenvalue weighted by Crippen LogP contribution is 2.45. The van der Waals surface area contributed by atoms with Crippen LogP contribution in [-0.4, -0.2) is 73.7 Å². The number of aromatic nitrogens is 1. The molecule has 2 amide bonds. The number of carbonyl (C=O) groups is 2. The van der Waals surface area contributed by atoms with Gasteiger partial charge in [0.2, 0.25) is 11.8 Å². The molecule has 8 heteroatoms. The summed E-state index contributed by atoms with van der Waals surface area (Å²) in [6.07, 6.45) is 1.16. The lowest BCUT2D eigenvalue weighted by atomic mass is 9.85. The van der Waals surface area contributed by atoms with Crippen molar-refractivity contribution < 1.29 is 23.8 Å². The zero-order valence-corrected chi connectivity index (χ0v) is 19.7. The van der Waals surface area contributed by atoms with Gasteiger partial charge in [-0.15, -0.1) is 0 Å². The minimum Gasteiger partial charge on any atom is -0.497 e. The highest BCUT2D eigenvalue weighted by Gasteiger charge is 2.48. The SMILES string of the molecule is COCCCN1CC(=O)N2C(c3ccc(OC)cc3OC)c3[nH]c4ccccc4c3C[C@H]2C1=O. The average molecular weight is 464 g/mol. The second kappa shape index (κ2) is 9.02. The Morgan fingerprint density at radius 1 is 1.06 bits per heavy atom. The van der Waals surface area contributed by atoms with E-state index >= 15 is 0 Å². The number of carbonyl (C=O) groups excluding carboxylic acids is 2. The Hall–Kier alpha value is -3.52. The number of aromatic amines is 1. The fourth-order valence-electron chi connectivity index (χ4n) is 5.28. The molecule has 0 spiro atoms. The van der Waals surface area contributed by atoms with Gasteiger partial charge in [0.15, 0.2) is 0 Å². The van der Waals surface area contributed by atoms with Gasteiger partial charge >= 0.3 is 0 Å².